The minimum absolute atomic E-state index is 0.251. The third kappa shape index (κ3) is 3.63. The molecule has 1 aromatic rings. The number of nitrogens with zero attached hydrogens (tertiary/aromatic N) is 1. The zero-order chi connectivity index (χ0) is 12.1. The van der Waals surface area contributed by atoms with E-state index < -0.39 is 0 Å². The standard InChI is InChI=1S/C14H22N2O/c15-14-11-13(17)6-5-12(14)7-10-16-8-3-1-2-4-9-16/h5-6,11,17H,1-4,7-10,15H2. The molecule has 1 aromatic carbocycles. The summed E-state index contributed by atoms with van der Waals surface area (Å²) in [5.74, 6) is 0.251. The number of phenolic OH excluding ortho intramolecular Hbond substituents is 1. The van der Waals surface area contributed by atoms with E-state index in [-0.39, 0.29) is 5.75 Å². The first-order valence-corrected chi connectivity index (χ1v) is 6.55. The molecule has 0 saturated carbocycles. The van der Waals surface area contributed by atoms with Crippen LogP contribution in [0.25, 0.3) is 0 Å². The number of likely N-dealkylation sites (tertiary alicyclic amines) is 1. The second-order valence-electron chi connectivity index (χ2n) is 4.89. The number of rotatable bonds is 3. The van der Waals surface area contributed by atoms with Gasteiger partial charge in [0.25, 0.3) is 0 Å². The Morgan fingerprint density at radius 3 is 2.47 bits per heavy atom. The smallest absolute Gasteiger partial charge is 0.117 e. The lowest BCUT2D eigenvalue weighted by atomic mass is 10.1. The van der Waals surface area contributed by atoms with Crippen LogP contribution in [0.15, 0.2) is 18.2 Å². The Labute approximate surface area is 103 Å². The van der Waals surface area contributed by atoms with Gasteiger partial charge in [0.1, 0.15) is 5.75 Å². The Hall–Kier alpha value is -1.22. The highest BCUT2D eigenvalue weighted by molar-refractivity contribution is 5.51. The first-order valence-electron chi connectivity index (χ1n) is 6.55. The summed E-state index contributed by atoms with van der Waals surface area (Å²) in [4.78, 5) is 2.53. The molecule has 0 bridgehead atoms. The molecule has 1 aliphatic heterocycles. The van der Waals surface area contributed by atoms with Gasteiger partial charge in [-0.15, -0.1) is 0 Å². The summed E-state index contributed by atoms with van der Waals surface area (Å²) in [5, 5.41) is 9.30. The third-order valence-electron chi connectivity index (χ3n) is 3.53. The topological polar surface area (TPSA) is 49.5 Å². The number of hydrogen-bond donors (Lipinski definition) is 2. The summed E-state index contributed by atoms with van der Waals surface area (Å²) < 4.78 is 0. The van der Waals surface area contributed by atoms with Gasteiger partial charge in [0.05, 0.1) is 0 Å². The minimum Gasteiger partial charge on any atom is -0.508 e. The molecule has 0 radical (unpaired) electrons. The number of benzene rings is 1. The van der Waals surface area contributed by atoms with Crippen LogP contribution in [0.5, 0.6) is 5.75 Å². The van der Waals surface area contributed by atoms with Gasteiger partial charge in [-0.25, -0.2) is 0 Å². The van der Waals surface area contributed by atoms with Crippen molar-refractivity contribution < 1.29 is 5.11 Å². The monoisotopic (exact) mass is 234 g/mol. The van der Waals surface area contributed by atoms with Gasteiger partial charge in [-0.3, -0.25) is 0 Å². The average molecular weight is 234 g/mol. The van der Waals surface area contributed by atoms with E-state index >= 15 is 0 Å². The highest BCUT2D eigenvalue weighted by atomic mass is 16.3. The van der Waals surface area contributed by atoms with Crippen molar-refractivity contribution in [2.75, 3.05) is 25.4 Å². The molecule has 0 atom stereocenters. The van der Waals surface area contributed by atoms with Gasteiger partial charge < -0.3 is 15.7 Å². The molecule has 0 amide bonds. The van der Waals surface area contributed by atoms with Gasteiger partial charge in [-0.05, 0) is 44.0 Å². The fraction of sp³-hybridized carbons (Fsp3) is 0.571. The largest absolute Gasteiger partial charge is 0.508 e. The van der Waals surface area contributed by atoms with Crippen LogP contribution >= 0.6 is 0 Å². The fourth-order valence-electron chi connectivity index (χ4n) is 2.45. The van der Waals surface area contributed by atoms with Crippen LogP contribution in [0.1, 0.15) is 31.2 Å². The number of nitrogen functional groups attached to an aromatic ring is 1. The van der Waals surface area contributed by atoms with Crippen molar-refractivity contribution >= 4 is 5.69 Å². The maximum Gasteiger partial charge on any atom is 0.117 e. The third-order valence-corrected chi connectivity index (χ3v) is 3.53. The second kappa shape index (κ2) is 5.92. The number of hydrogen-bond acceptors (Lipinski definition) is 3. The number of phenols is 1. The Balaban J connectivity index is 1.88. The highest BCUT2D eigenvalue weighted by Gasteiger charge is 2.09. The van der Waals surface area contributed by atoms with Crippen molar-refractivity contribution in [3.05, 3.63) is 23.8 Å². The molecular weight excluding hydrogens is 212 g/mol. The van der Waals surface area contributed by atoms with Gasteiger partial charge in [-0.2, -0.15) is 0 Å². The zero-order valence-corrected chi connectivity index (χ0v) is 10.4. The van der Waals surface area contributed by atoms with E-state index in [9.17, 15) is 5.11 Å². The molecule has 0 aromatic heterocycles. The molecule has 2 rings (SSSR count). The molecule has 1 fully saturated rings. The summed E-state index contributed by atoms with van der Waals surface area (Å²) in [5.41, 5.74) is 7.74. The summed E-state index contributed by atoms with van der Waals surface area (Å²) in [7, 11) is 0. The second-order valence-corrected chi connectivity index (χ2v) is 4.89. The van der Waals surface area contributed by atoms with Crippen LogP contribution < -0.4 is 5.73 Å². The Morgan fingerprint density at radius 1 is 1.12 bits per heavy atom. The summed E-state index contributed by atoms with van der Waals surface area (Å²) in [6.45, 7) is 3.52. The molecule has 94 valence electrons. The van der Waals surface area contributed by atoms with Gasteiger partial charge >= 0.3 is 0 Å². The predicted molar refractivity (Wildman–Crippen MR) is 71.1 cm³/mol. The van der Waals surface area contributed by atoms with Crippen molar-refractivity contribution in [2.45, 2.75) is 32.1 Å². The summed E-state index contributed by atoms with van der Waals surface area (Å²) >= 11 is 0. The lowest BCUT2D eigenvalue weighted by Crippen LogP contribution is -2.27. The maximum atomic E-state index is 9.30. The summed E-state index contributed by atoms with van der Waals surface area (Å²) in [6.07, 6.45) is 6.37. The molecule has 3 nitrogen and oxygen atoms in total. The number of aromatic hydroxyl groups is 1. The molecule has 1 heterocycles. The van der Waals surface area contributed by atoms with Crippen LogP contribution in [0.4, 0.5) is 5.69 Å². The van der Waals surface area contributed by atoms with Crippen LogP contribution in [-0.2, 0) is 6.42 Å². The van der Waals surface area contributed by atoms with Crippen LogP contribution in [-0.4, -0.2) is 29.6 Å². The van der Waals surface area contributed by atoms with E-state index in [4.69, 9.17) is 5.73 Å². The fourth-order valence-corrected chi connectivity index (χ4v) is 2.45. The Morgan fingerprint density at radius 2 is 1.82 bits per heavy atom. The van der Waals surface area contributed by atoms with Crippen molar-refractivity contribution in [2.24, 2.45) is 0 Å². The van der Waals surface area contributed by atoms with Crippen LogP contribution in [0.3, 0.4) is 0 Å². The molecule has 1 saturated heterocycles. The molecule has 1 aliphatic rings. The summed E-state index contributed by atoms with van der Waals surface area (Å²) in [6, 6.07) is 5.29. The SMILES string of the molecule is Nc1cc(O)ccc1CCN1CCCCCC1. The van der Waals surface area contributed by atoms with E-state index in [2.05, 4.69) is 4.90 Å². The van der Waals surface area contributed by atoms with Gasteiger partial charge in [0.2, 0.25) is 0 Å². The first-order chi connectivity index (χ1) is 8.25. The number of nitrogens with two attached hydrogens (primary N) is 1. The highest BCUT2D eigenvalue weighted by Crippen LogP contribution is 2.19. The lowest BCUT2D eigenvalue weighted by molar-refractivity contribution is 0.289. The molecule has 0 spiro atoms. The van der Waals surface area contributed by atoms with Crippen molar-refractivity contribution in [1.82, 2.24) is 4.90 Å². The zero-order valence-electron chi connectivity index (χ0n) is 10.4. The van der Waals surface area contributed by atoms with E-state index in [1.54, 1.807) is 12.1 Å². The van der Waals surface area contributed by atoms with E-state index in [0.717, 1.165) is 18.5 Å². The first kappa shape index (κ1) is 12.2. The van der Waals surface area contributed by atoms with Crippen LogP contribution in [0, 0.1) is 0 Å². The minimum atomic E-state index is 0.251. The van der Waals surface area contributed by atoms with E-state index in [0.29, 0.717) is 5.69 Å². The van der Waals surface area contributed by atoms with E-state index in [1.807, 2.05) is 6.07 Å². The molecule has 3 heteroatoms. The van der Waals surface area contributed by atoms with Crippen molar-refractivity contribution in [1.29, 1.82) is 0 Å². The normalized spacial score (nSPS) is 17.9. The van der Waals surface area contributed by atoms with Crippen molar-refractivity contribution in [3.8, 4) is 5.75 Å². The molecule has 0 aliphatic carbocycles. The lowest BCUT2D eigenvalue weighted by Gasteiger charge is -2.20. The quantitative estimate of drug-likeness (QED) is 0.790. The average Bonchev–Trinajstić information content (AvgIpc) is 2.56. The Kier molecular flexibility index (Phi) is 4.26. The number of anilines is 1. The van der Waals surface area contributed by atoms with Gasteiger partial charge in [0, 0.05) is 18.3 Å². The molecule has 3 N–H and O–H groups in total. The van der Waals surface area contributed by atoms with E-state index in [1.165, 1.54) is 38.8 Å². The molecule has 17 heavy (non-hydrogen) atoms. The van der Waals surface area contributed by atoms with Crippen LogP contribution in [0.2, 0.25) is 0 Å². The predicted octanol–water partition coefficient (Wildman–Crippen LogP) is 2.39. The maximum absolute atomic E-state index is 9.30. The Bertz CT molecular complexity index is 357. The van der Waals surface area contributed by atoms with Gasteiger partial charge in [0.15, 0.2) is 0 Å². The molecule has 0 unspecified atom stereocenters. The van der Waals surface area contributed by atoms with Crippen molar-refractivity contribution in [3.63, 3.8) is 0 Å². The molecular formula is C14H22N2O. The van der Waals surface area contributed by atoms with Gasteiger partial charge in [-0.1, -0.05) is 18.9 Å².